The summed E-state index contributed by atoms with van der Waals surface area (Å²) >= 11 is 13.6. The standard InChI is InChI=1S/C18H18Cl2N6OS/c1-25-4-6-26(7-5-25)24-16(27)14-9-12-15(22-18(21)23-17(12)28-14)11-3-2-10(19)8-13(11)20/h2-3,8-9H,4-7H2,1H3,(H,24,27)(H2,21,22,23). The molecular formula is C18H18Cl2N6OS. The minimum atomic E-state index is -0.167. The highest BCUT2D eigenvalue weighted by molar-refractivity contribution is 7.20. The normalized spacial score (nSPS) is 15.8. The van der Waals surface area contributed by atoms with E-state index in [1.165, 1.54) is 11.3 Å². The molecular weight excluding hydrogens is 419 g/mol. The molecule has 1 saturated heterocycles. The molecule has 1 aliphatic heterocycles. The number of benzene rings is 1. The SMILES string of the molecule is CN1CCN(NC(=O)c2cc3c(-c4ccc(Cl)cc4Cl)nc(N)nc3s2)CC1. The molecule has 2 aromatic heterocycles. The number of carbonyl (C=O) groups excluding carboxylic acids is 1. The van der Waals surface area contributed by atoms with Crippen molar-refractivity contribution in [3.63, 3.8) is 0 Å². The van der Waals surface area contributed by atoms with Gasteiger partial charge in [0, 0.05) is 42.2 Å². The van der Waals surface area contributed by atoms with Crippen LogP contribution in [0.4, 0.5) is 5.95 Å². The molecule has 28 heavy (non-hydrogen) atoms. The Morgan fingerprint density at radius 2 is 1.93 bits per heavy atom. The van der Waals surface area contributed by atoms with Crippen LogP contribution in [0, 0.1) is 0 Å². The Hall–Kier alpha value is -1.97. The van der Waals surface area contributed by atoms with E-state index in [4.69, 9.17) is 28.9 Å². The quantitative estimate of drug-likeness (QED) is 0.655. The zero-order valence-corrected chi connectivity index (χ0v) is 17.4. The Kier molecular flexibility index (Phi) is 5.39. The van der Waals surface area contributed by atoms with E-state index >= 15 is 0 Å². The lowest BCUT2D eigenvalue weighted by Crippen LogP contribution is -2.52. The number of carbonyl (C=O) groups is 1. The van der Waals surface area contributed by atoms with E-state index < -0.39 is 0 Å². The fourth-order valence-electron chi connectivity index (χ4n) is 3.05. The van der Waals surface area contributed by atoms with Crippen LogP contribution >= 0.6 is 34.5 Å². The van der Waals surface area contributed by atoms with E-state index in [0.29, 0.717) is 31.0 Å². The molecule has 1 amide bonds. The fourth-order valence-corrected chi connectivity index (χ4v) is 4.48. The highest BCUT2D eigenvalue weighted by atomic mass is 35.5. The summed E-state index contributed by atoms with van der Waals surface area (Å²) in [5.74, 6) is -0.0410. The van der Waals surface area contributed by atoms with Crippen molar-refractivity contribution in [2.45, 2.75) is 0 Å². The van der Waals surface area contributed by atoms with E-state index in [9.17, 15) is 4.79 Å². The topological polar surface area (TPSA) is 87.4 Å². The number of piperazine rings is 1. The van der Waals surface area contributed by atoms with Gasteiger partial charge in [-0.3, -0.25) is 10.2 Å². The molecule has 0 radical (unpaired) electrons. The van der Waals surface area contributed by atoms with E-state index in [-0.39, 0.29) is 11.9 Å². The molecule has 0 saturated carbocycles. The number of nitrogen functional groups attached to an aromatic ring is 1. The molecule has 0 atom stereocenters. The van der Waals surface area contributed by atoms with Crippen molar-refractivity contribution >= 4 is 56.6 Å². The number of hydrogen-bond donors (Lipinski definition) is 2. The lowest BCUT2D eigenvalue weighted by molar-refractivity contribution is 0.0666. The molecule has 7 nitrogen and oxygen atoms in total. The van der Waals surface area contributed by atoms with Crippen molar-refractivity contribution in [3.8, 4) is 11.3 Å². The number of likely N-dealkylation sites (N-methyl/N-ethyl adjacent to an activating group) is 1. The van der Waals surface area contributed by atoms with Crippen molar-refractivity contribution < 1.29 is 4.79 Å². The number of hydrazine groups is 1. The molecule has 10 heteroatoms. The van der Waals surface area contributed by atoms with Gasteiger partial charge in [0.05, 0.1) is 15.6 Å². The molecule has 0 spiro atoms. The minimum absolute atomic E-state index is 0.126. The van der Waals surface area contributed by atoms with Crippen LogP contribution < -0.4 is 11.2 Å². The van der Waals surface area contributed by atoms with Gasteiger partial charge in [0.2, 0.25) is 5.95 Å². The first-order valence-electron chi connectivity index (χ1n) is 8.67. The third-order valence-electron chi connectivity index (χ3n) is 4.58. The maximum absolute atomic E-state index is 12.7. The molecule has 0 aliphatic carbocycles. The number of nitrogens with zero attached hydrogens (tertiary/aromatic N) is 4. The van der Waals surface area contributed by atoms with Crippen LogP contribution in [-0.4, -0.2) is 59.0 Å². The average molecular weight is 437 g/mol. The van der Waals surface area contributed by atoms with Gasteiger partial charge in [-0.25, -0.2) is 15.0 Å². The zero-order chi connectivity index (χ0) is 19.8. The van der Waals surface area contributed by atoms with Gasteiger partial charge in [-0.1, -0.05) is 23.2 Å². The first kappa shape index (κ1) is 19.4. The van der Waals surface area contributed by atoms with Crippen LogP contribution in [0.1, 0.15) is 9.67 Å². The molecule has 1 fully saturated rings. The summed E-state index contributed by atoms with van der Waals surface area (Å²) in [7, 11) is 2.07. The Labute approximate surface area is 176 Å². The van der Waals surface area contributed by atoms with Crippen molar-refractivity contribution in [1.82, 2.24) is 25.3 Å². The van der Waals surface area contributed by atoms with Crippen LogP contribution in [0.5, 0.6) is 0 Å². The molecule has 0 unspecified atom stereocenters. The number of nitrogens with two attached hydrogens (primary N) is 1. The number of fused-ring (bicyclic) bond motifs is 1. The predicted molar refractivity (Wildman–Crippen MR) is 114 cm³/mol. The summed E-state index contributed by atoms with van der Waals surface area (Å²) in [6.07, 6.45) is 0. The second-order valence-electron chi connectivity index (χ2n) is 6.62. The van der Waals surface area contributed by atoms with Crippen molar-refractivity contribution in [2.75, 3.05) is 39.0 Å². The molecule has 3 aromatic rings. The molecule has 4 rings (SSSR count). The average Bonchev–Trinajstić information content (AvgIpc) is 3.07. The van der Waals surface area contributed by atoms with Crippen LogP contribution in [0.2, 0.25) is 10.0 Å². The van der Waals surface area contributed by atoms with E-state index in [0.717, 1.165) is 31.6 Å². The minimum Gasteiger partial charge on any atom is -0.368 e. The number of halogens is 2. The Balaban J connectivity index is 1.68. The van der Waals surface area contributed by atoms with Gasteiger partial charge in [-0.05, 0) is 31.3 Å². The van der Waals surface area contributed by atoms with Gasteiger partial charge >= 0.3 is 0 Å². The number of thiophene rings is 1. The first-order chi connectivity index (χ1) is 13.4. The number of anilines is 1. The van der Waals surface area contributed by atoms with Crippen LogP contribution in [0.15, 0.2) is 24.3 Å². The number of rotatable bonds is 3. The second kappa shape index (κ2) is 7.81. The lowest BCUT2D eigenvalue weighted by Gasteiger charge is -2.32. The first-order valence-corrected chi connectivity index (χ1v) is 10.2. The summed E-state index contributed by atoms with van der Waals surface area (Å²) in [5.41, 5.74) is 10.1. The molecule has 1 aliphatic rings. The Morgan fingerprint density at radius 3 is 2.64 bits per heavy atom. The number of amides is 1. The highest BCUT2D eigenvalue weighted by Gasteiger charge is 2.21. The van der Waals surface area contributed by atoms with Gasteiger partial charge in [-0.15, -0.1) is 11.3 Å². The van der Waals surface area contributed by atoms with E-state index in [1.54, 1.807) is 24.3 Å². The van der Waals surface area contributed by atoms with Crippen LogP contribution in [0.3, 0.4) is 0 Å². The third-order valence-corrected chi connectivity index (χ3v) is 6.16. The molecule has 146 valence electrons. The van der Waals surface area contributed by atoms with Gasteiger partial charge in [0.15, 0.2) is 0 Å². The smallest absolute Gasteiger partial charge is 0.275 e. The monoisotopic (exact) mass is 436 g/mol. The van der Waals surface area contributed by atoms with E-state index in [1.807, 2.05) is 5.01 Å². The maximum Gasteiger partial charge on any atom is 0.275 e. The van der Waals surface area contributed by atoms with E-state index in [2.05, 4.69) is 27.3 Å². The summed E-state index contributed by atoms with van der Waals surface area (Å²) in [6, 6.07) is 6.95. The van der Waals surface area contributed by atoms with Crippen LogP contribution in [0.25, 0.3) is 21.5 Å². The van der Waals surface area contributed by atoms with Gasteiger partial charge in [0.25, 0.3) is 5.91 Å². The van der Waals surface area contributed by atoms with Gasteiger partial charge in [0.1, 0.15) is 4.83 Å². The Bertz CT molecular complexity index is 1050. The molecule has 3 N–H and O–H groups in total. The van der Waals surface area contributed by atoms with Crippen molar-refractivity contribution in [3.05, 3.63) is 39.2 Å². The molecule has 1 aromatic carbocycles. The highest BCUT2D eigenvalue weighted by Crippen LogP contribution is 2.36. The number of hydrogen-bond acceptors (Lipinski definition) is 7. The third kappa shape index (κ3) is 3.92. The summed E-state index contributed by atoms with van der Waals surface area (Å²) in [4.78, 5) is 24.8. The summed E-state index contributed by atoms with van der Waals surface area (Å²) in [6.45, 7) is 3.39. The predicted octanol–water partition coefficient (Wildman–Crippen LogP) is 3.14. The summed E-state index contributed by atoms with van der Waals surface area (Å²) < 4.78 is 0. The summed E-state index contributed by atoms with van der Waals surface area (Å²) in [5, 5.41) is 3.65. The van der Waals surface area contributed by atoms with Crippen LogP contribution in [-0.2, 0) is 0 Å². The number of nitrogens with one attached hydrogen (secondary N) is 1. The molecule has 3 heterocycles. The maximum atomic E-state index is 12.7. The lowest BCUT2D eigenvalue weighted by atomic mass is 10.1. The van der Waals surface area contributed by atoms with Crippen molar-refractivity contribution in [1.29, 1.82) is 0 Å². The molecule has 0 bridgehead atoms. The van der Waals surface area contributed by atoms with Gasteiger partial charge < -0.3 is 10.6 Å². The number of aromatic nitrogens is 2. The largest absolute Gasteiger partial charge is 0.368 e. The Morgan fingerprint density at radius 1 is 1.18 bits per heavy atom. The second-order valence-corrected chi connectivity index (χ2v) is 8.49. The van der Waals surface area contributed by atoms with Gasteiger partial charge in [-0.2, -0.15) is 0 Å². The van der Waals surface area contributed by atoms with Crippen molar-refractivity contribution in [2.24, 2.45) is 0 Å². The zero-order valence-electron chi connectivity index (χ0n) is 15.1. The fraction of sp³-hybridized carbons (Fsp3) is 0.278.